The Kier molecular flexibility index (Phi) is 1.57. The zero-order valence-electron chi connectivity index (χ0n) is 6.71. The van der Waals surface area contributed by atoms with E-state index in [2.05, 4.69) is 31.2 Å². The van der Waals surface area contributed by atoms with Gasteiger partial charge in [0, 0.05) is 12.0 Å². The van der Waals surface area contributed by atoms with Gasteiger partial charge in [-0.3, -0.25) is 0 Å². The predicted octanol–water partition coefficient (Wildman–Crippen LogP) is 2.42. The van der Waals surface area contributed by atoms with E-state index in [4.69, 9.17) is 4.74 Å². The minimum atomic E-state index is 0.639. The molecule has 0 N–H and O–H groups in total. The summed E-state index contributed by atoms with van der Waals surface area (Å²) in [6.45, 7) is 2.96. The van der Waals surface area contributed by atoms with E-state index < -0.39 is 0 Å². The maximum Gasteiger partial charge on any atom is 0.106 e. The highest BCUT2D eigenvalue weighted by Gasteiger charge is 2.14. The summed E-state index contributed by atoms with van der Waals surface area (Å²) in [4.78, 5) is 0. The highest BCUT2D eigenvalue weighted by Crippen LogP contribution is 2.26. The van der Waals surface area contributed by atoms with Crippen LogP contribution < -0.4 is 0 Å². The van der Waals surface area contributed by atoms with Crippen molar-refractivity contribution in [2.24, 2.45) is 5.92 Å². The quantitative estimate of drug-likeness (QED) is 0.512. The molecule has 0 spiro atoms. The van der Waals surface area contributed by atoms with Crippen molar-refractivity contribution in [3.63, 3.8) is 0 Å². The van der Waals surface area contributed by atoms with Gasteiger partial charge in [0.2, 0.25) is 0 Å². The SMILES string of the molecule is CC1C=CC2=C(C1)OCC=C2. The molecule has 1 atom stereocenters. The molecule has 1 heterocycles. The molecule has 0 aromatic rings. The molecule has 1 aliphatic carbocycles. The number of hydrogen-bond donors (Lipinski definition) is 0. The molecule has 0 aromatic carbocycles. The van der Waals surface area contributed by atoms with Crippen molar-refractivity contribution >= 4 is 0 Å². The molecule has 0 bridgehead atoms. The first kappa shape index (κ1) is 6.71. The second kappa shape index (κ2) is 2.57. The average Bonchev–Trinajstić information content (AvgIpc) is 2.04. The van der Waals surface area contributed by atoms with Crippen molar-refractivity contribution < 1.29 is 4.74 Å². The highest BCUT2D eigenvalue weighted by molar-refractivity contribution is 5.38. The van der Waals surface area contributed by atoms with Crippen LogP contribution in [0, 0.1) is 5.92 Å². The molecule has 2 aliphatic rings. The minimum Gasteiger partial charge on any atom is -0.493 e. The largest absolute Gasteiger partial charge is 0.493 e. The van der Waals surface area contributed by atoms with Crippen LogP contribution in [0.4, 0.5) is 0 Å². The molecule has 0 amide bonds. The number of rotatable bonds is 0. The number of ether oxygens (including phenoxy) is 1. The van der Waals surface area contributed by atoms with E-state index >= 15 is 0 Å². The topological polar surface area (TPSA) is 9.23 Å². The smallest absolute Gasteiger partial charge is 0.106 e. The van der Waals surface area contributed by atoms with Crippen molar-refractivity contribution in [2.45, 2.75) is 13.3 Å². The second-order valence-corrected chi connectivity index (χ2v) is 3.13. The van der Waals surface area contributed by atoms with Crippen molar-refractivity contribution in [1.29, 1.82) is 0 Å². The summed E-state index contributed by atoms with van der Waals surface area (Å²) in [6.07, 6.45) is 9.65. The van der Waals surface area contributed by atoms with Crippen molar-refractivity contribution in [3.05, 3.63) is 35.6 Å². The fourth-order valence-corrected chi connectivity index (χ4v) is 1.45. The van der Waals surface area contributed by atoms with Gasteiger partial charge in [-0.2, -0.15) is 0 Å². The van der Waals surface area contributed by atoms with Gasteiger partial charge < -0.3 is 4.74 Å². The Labute approximate surface area is 67.1 Å². The van der Waals surface area contributed by atoms with Crippen molar-refractivity contribution in [2.75, 3.05) is 6.61 Å². The summed E-state index contributed by atoms with van der Waals surface area (Å²) in [6, 6.07) is 0. The summed E-state index contributed by atoms with van der Waals surface area (Å²) in [5.74, 6) is 1.81. The summed E-state index contributed by atoms with van der Waals surface area (Å²) < 4.78 is 5.49. The van der Waals surface area contributed by atoms with E-state index in [0.717, 1.165) is 13.0 Å². The van der Waals surface area contributed by atoms with Gasteiger partial charge >= 0.3 is 0 Å². The van der Waals surface area contributed by atoms with Crippen molar-refractivity contribution in [3.8, 4) is 0 Å². The molecule has 2 rings (SSSR count). The molecule has 0 aromatic heterocycles. The van der Waals surface area contributed by atoms with E-state index in [1.54, 1.807) is 0 Å². The summed E-state index contributed by atoms with van der Waals surface area (Å²) in [7, 11) is 0. The molecule has 1 unspecified atom stereocenters. The molecule has 0 saturated carbocycles. The van der Waals surface area contributed by atoms with Crippen LogP contribution in [0.3, 0.4) is 0 Å². The van der Waals surface area contributed by atoms with Crippen LogP contribution in [0.15, 0.2) is 35.6 Å². The highest BCUT2D eigenvalue weighted by atomic mass is 16.5. The normalized spacial score (nSPS) is 28.3. The number of hydrogen-bond acceptors (Lipinski definition) is 1. The zero-order valence-corrected chi connectivity index (χ0v) is 6.71. The average molecular weight is 148 g/mol. The van der Waals surface area contributed by atoms with Crippen molar-refractivity contribution in [1.82, 2.24) is 0 Å². The first-order valence-corrected chi connectivity index (χ1v) is 4.07. The Hall–Kier alpha value is -0.980. The first-order chi connectivity index (χ1) is 5.36. The van der Waals surface area contributed by atoms with Gasteiger partial charge in [-0.1, -0.05) is 25.2 Å². The Morgan fingerprint density at radius 3 is 3.27 bits per heavy atom. The zero-order chi connectivity index (χ0) is 7.68. The summed E-state index contributed by atoms with van der Waals surface area (Å²) in [5.41, 5.74) is 1.26. The lowest BCUT2D eigenvalue weighted by Gasteiger charge is -2.20. The van der Waals surface area contributed by atoms with E-state index in [0.29, 0.717) is 5.92 Å². The third kappa shape index (κ3) is 1.23. The molecule has 1 aliphatic heterocycles. The maximum atomic E-state index is 5.49. The van der Waals surface area contributed by atoms with E-state index in [1.807, 2.05) is 0 Å². The maximum absolute atomic E-state index is 5.49. The molecule has 0 saturated heterocycles. The monoisotopic (exact) mass is 148 g/mol. The Balaban J connectivity index is 2.27. The third-order valence-electron chi connectivity index (χ3n) is 2.08. The fourth-order valence-electron chi connectivity index (χ4n) is 1.45. The van der Waals surface area contributed by atoms with Crippen LogP contribution in [-0.2, 0) is 4.74 Å². The Morgan fingerprint density at radius 1 is 1.45 bits per heavy atom. The second-order valence-electron chi connectivity index (χ2n) is 3.13. The van der Waals surface area contributed by atoms with Gasteiger partial charge in [0.1, 0.15) is 12.4 Å². The number of allylic oxidation sites excluding steroid dienone is 5. The Bertz CT molecular complexity index is 246. The molecular formula is C10H12O. The van der Waals surface area contributed by atoms with Gasteiger partial charge in [0.15, 0.2) is 0 Å². The van der Waals surface area contributed by atoms with Gasteiger partial charge in [-0.15, -0.1) is 0 Å². The van der Waals surface area contributed by atoms with Crippen LogP contribution in [0.25, 0.3) is 0 Å². The predicted molar refractivity (Wildman–Crippen MR) is 45.0 cm³/mol. The van der Waals surface area contributed by atoms with Gasteiger partial charge in [0.25, 0.3) is 0 Å². The van der Waals surface area contributed by atoms with Crippen LogP contribution >= 0.6 is 0 Å². The van der Waals surface area contributed by atoms with E-state index in [1.165, 1.54) is 11.3 Å². The van der Waals surface area contributed by atoms with Crippen LogP contribution in [0.2, 0.25) is 0 Å². The lowest BCUT2D eigenvalue weighted by molar-refractivity contribution is 0.221. The summed E-state index contributed by atoms with van der Waals surface area (Å²) in [5, 5.41) is 0. The fraction of sp³-hybridized carbons (Fsp3) is 0.400. The van der Waals surface area contributed by atoms with Crippen LogP contribution in [0.5, 0.6) is 0 Å². The lowest BCUT2D eigenvalue weighted by Crippen LogP contribution is -2.07. The van der Waals surface area contributed by atoms with E-state index in [-0.39, 0.29) is 0 Å². The molecule has 1 heteroatoms. The van der Waals surface area contributed by atoms with Crippen LogP contribution in [0.1, 0.15) is 13.3 Å². The molecule has 1 nitrogen and oxygen atoms in total. The standard InChI is InChI=1S/C10H12O/c1-8-4-5-9-3-2-6-11-10(9)7-8/h2-5,8H,6-7H2,1H3. The molecule has 0 fully saturated rings. The molecule has 0 radical (unpaired) electrons. The first-order valence-electron chi connectivity index (χ1n) is 4.07. The van der Waals surface area contributed by atoms with E-state index in [9.17, 15) is 0 Å². The van der Waals surface area contributed by atoms with Gasteiger partial charge in [0.05, 0.1) is 0 Å². The van der Waals surface area contributed by atoms with Crippen LogP contribution in [-0.4, -0.2) is 6.61 Å². The summed E-state index contributed by atoms with van der Waals surface area (Å²) >= 11 is 0. The van der Waals surface area contributed by atoms with Gasteiger partial charge in [-0.25, -0.2) is 0 Å². The molecule has 11 heavy (non-hydrogen) atoms. The molecule has 58 valence electrons. The lowest BCUT2D eigenvalue weighted by atomic mass is 9.95. The molecular weight excluding hydrogens is 136 g/mol. The third-order valence-corrected chi connectivity index (χ3v) is 2.08. The minimum absolute atomic E-state index is 0.639. The van der Waals surface area contributed by atoms with Gasteiger partial charge in [-0.05, 0) is 12.0 Å². The Morgan fingerprint density at radius 2 is 2.36 bits per heavy atom.